The Labute approximate surface area is 71.8 Å². The Morgan fingerprint density at radius 3 is 2.92 bits per heavy atom. The Morgan fingerprint density at radius 2 is 2.17 bits per heavy atom. The number of rotatable bonds is 1. The summed E-state index contributed by atoms with van der Waals surface area (Å²) in [6.07, 6.45) is 3.81. The van der Waals surface area contributed by atoms with Crippen molar-refractivity contribution in [3.8, 4) is 0 Å². The van der Waals surface area contributed by atoms with Gasteiger partial charge in [0.2, 0.25) is 0 Å². The number of pyridine rings is 1. The third-order valence-corrected chi connectivity index (χ3v) is 2.09. The molecule has 0 aromatic carbocycles. The van der Waals surface area contributed by atoms with Crippen LogP contribution in [0.3, 0.4) is 0 Å². The molecule has 0 unspecified atom stereocenters. The highest BCUT2D eigenvalue weighted by Gasteiger charge is 2.03. The minimum atomic E-state index is 0.561. The first-order chi connectivity index (χ1) is 5.79. The fourth-order valence-electron chi connectivity index (χ4n) is 1.46. The average molecular weight is 160 g/mol. The van der Waals surface area contributed by atoms with Gasteiger partial charge in [-0.3, -0.25) is 0 Å². The van der Waals surface area contributed by atoms with E-state index in [-0.39, 0.29) is 0 Å². The topological polar surface area (TPSA) is 17.3 Å². The third kappa shape index (κ3) is 0.998. The summed E-state index contributed by atoms with van der Waals surface area (Å²) in [6.45, 7) is 4.39. The molecule has 0 fully saturated rings. The summed E-state index contributed by atoms with van der Waals surface area (Å²) in [5, 5.41) is 4.18. The molecule has 0 bridgehead atoms. The molecule has 0 aliphatic heterocycles. The van der Waals surface area contributed by atoms with Gasteiger partial charge in [-0.1, -0.05) is 19.9 Å². The number of hydrogen-bond donors (Lipinski definition) is 0. The molecule has 0 N–H and O–H groups in total. The van der Waals surface area contributed by atoms with E-state index in [1.807, 2.05) is 23.0 Å². The van der Waals surface area contributed by atoms with Crippen LogP contribution in [0.2, 0.25) is 0 Å². The Hall–Kier alpha value is -1.31. The van der Waals surface area contributed by atoms with Crippen LogP contribution in [0.5, 0.6) is 0 Å². The lowest BCUT2D eigenvalue weighted by atomic mass is 10.0. The fourth-order valence-corrected chi connectivity index (χ4v) is 1.46. The molecule has 0 amide bonds. The third-order valence-electron chi connectivity index (χ3n) is 2.09. The summed E-state index contributed by atoms with van der Waals surface area (Å²) in [4.78, 5) is 0. The van der Waals surface area contributed by atoms with Gasteiger partial charge in [0.15, 0.2) is 0 Å². The van der Waals surface area contributed by atoms with Crippen molar-refractivity contribution < 1.29 is 0 Å². The molecule has 2 aromatic heterocycles. The predicted octanol–water partition coefficient (Wildman–Crippen LogP) is 2.46. The zero-order valence-electron chi connectivity index (χ0n) is 7.36. The first-order valence-electron chi connectivity index (χ1n) is 4.21. The van der Waals surface area contributed by atoms with Crippen LogP contribution in [0.4, 0.5) is 0 Å². The highest BCUT2D eigenvalue weighted by atomic mass is 15.2. The van der Waals surface area contributed by atoms with E-state index >= 15 is 0 Å². The van der Waals surface area contributed by atoms with Gasteiger partial charge in [-0.05, 0) is 23.6 Å². The molecule has 0 atom stereocenters. The summed E-state index contributed by atoms with van der Waals surface area (Å²) in [7, 11) is 0. The standard InChI is InChI=1S/C10H12N2/c1-8(2)9-4-3-7-12-10(9)5-6-11-12/h3-8H,1-2H3. The minimum absolute atomic E-state index is 0.561. The number of aromatic nitrogens is 2. The zero-order valence-corrected chi connectivity index (χ0v) is 7.36. The normalized spacial score (nSPS) is 11.2. The molecule has 62 valence electrons. The van der Waals surface area contributed by atoms with Crippen LogP contribution in [0.25, 0.3) is 5.52 Å². The van der Waals surface area contributed by atoms with E-state index in [4.69, 9.17) is 0 Å². The second kappa shape index (κ2) is 2.63. The van der Waals surface area contributed by atoms with Crippen molar-refractivity contribution >= 4 is 5.52 Å². The molecule has 2 rings (SSSR count). The van der Waals surface area contributed by atoms with Gasteiger partial charge in [-0.2, -0.15) is 5.10 Å². The summed E-state index contributed by atoms with van der Waals surface area (Å²) in [5.41, 5.74) is 2.57. The smallest absolute Gasteiger partial charge is 0.0696 e. The summed E-state index contributed by atoms with van der Waals surface area (Å²) >= 11 is 0. The van der Waals surface area contributed by atoms with Crippen molar-refractivity contribution in [1.82, 2.24) is 9.61 Å². The Morgan fingerprint density at radius 1 is 1.33 bits per heavy atom. The molecule has 0 aliphatic rings. The van der Waals surface area contributed by atoms with Crippen LogP contribution in [0.15, 0.2) is 30.6 Å². The summed E-state index contributed by atoms with van der Waals surface area (Å²) in [6, 6.07) is 6.24. The molecule has 2 nitrogen and oxygen atoms in total. The number of nitrogens with zero attached hydrogens (tertiary/aromatic N) is 2. The maximum atomic E-state index is 4.18. The van der Waals surface area contributed by atoms with Gasteiger partial charge in [-0.15, -0.1) is 0 Å². The van der Waals surface area contributed by atoms with E-state index in [0.717, 1.165) is 0 Å². The number of hydrogen-bond acceptors (Lipinski definition) is 1. The first kappa shape index (κ1) is 7.35. The van der Waals surface area contributed by atoms with E-state index in [0.29, 0.717) is 5.92 Å². The first-order valence-corrected chi connectivity index (χ1v) is 4.21. The lowest BCUT2D eigenvalue weighted by Gasteiger charge is -2.06. The molecule has 2 aromatic rings. The van der Waals surface area contributed by atoms with E-state index in [9.17, 15) is 0 Å². The predicted molar refractivity (Wildman–Crippen MR) is 49.3 cm³/mol. The van der Waals surface area contributed by atoms with Crippen LogP contribution in [0.1, 0.15) is 25.3 Å². The van der Waals surface area contributed by atoms with Crippen molar-refractivity contribution in [2.45, 2.75) is 19.8 Å². The molecule has 0 aliphatic carbocycles. The zero-order chi connectivity index (χ0) is 8.55. The van der Waals surface area contributed by atoms with Crippen LogP contribution in [-0.4, -0.2) is 9.61 Å². The van der Waals surface area contributed by atoms with E-state index in [2.05, 4.69) is 31.1 Å². The Kier molecular flexibility index (Phi) is 1.61. The monoisotopic (exact) mass is 160 g/mol. The SMILES string of the molecule is CC(C)c1cccn2nccc12. The van der Waals surface area contributed by atoms with Gasteiger partial charge < -0.3 is 0 Å². The second-order valence-electron chi connectivity index (χ2n) is 3.28. The molecular formula is C10H12N2. The molecule has 0 spiro atoms. The van der Waals surface area contributed by atoms with Gasteiger partial charge >= 0.3 is 0 Å². The summed E-state index contributed by atoms with van der Waals surface area (Å²) < 4.78 is 1.91. The Balaban J connectivity index is 2.73. The Bertz CT molecular complexity index is 387. The highest BCUT2D eigenvalue weighted by molar-refractivity contribution is 5.54. The van der Waals surface area contributed by atoms with Crippen LogP contribution in [0, 0.1) is 0 Å². The molecular weight excluding hydrogens is 148 g/mol. The highest BCUT2D eigenvalue weighted by Crippen LogP contribution is 2.19. The van der Waals surface area contributed by atoms with Gasteiger partial charge in [0.25, 0.3) is 0 Å². The summed E-state index contributed by atoms with van der Waals surface area (Å²) in [5.74, 6) is 0.561. The van der Waals surface area contributed by atoms with E-state index in [1.165, 1.54) is 11.1 Å². The maximum absolute atomic E-state index is 4.18. The van der Waals surface area contributed by atoms with Gasteiger partial charge in [0.05, 0.1) is 5.52 Å². The van der Waals surface area contributed by atoms with E-state index in [1.54, 1.807) is 0 Å². The lowest BCUT2D eigenvalue weighted by molar-refractivity contribution is 0.853. The van der Waals surface area contributed by atoms with Crippen LogP contribution >= 0.6 is 0 Å². The van der Waals surface area contributed by atoms with Crippen molar-refractivity contribution in [2.24, 2.45) is 0 Å². The fraction of sp³-hybridized carbons (Fsp3) is 0.300. The molecule has 0 radical (unpaired) electrons. The van der Waals surface area contributed by atoms with Crippen LogP contribution < -0.4 is 0 Å². The van der Waals surface area contributed by atoms with Crippen molar-refractivity contribution in [3.63, 3.8) is 0 Å². The van der Waals surface area contributed by atoms with Crippen molar-refractivity contribution in [1.29, 1.82) is 0 Å². The quantitative estimate of drug-likeness (QED) is 0.626. The van der Waals surface area contributed by atoms with Gasteiger partial charge in [0, 0.05) is 12.4 Å². The molecule has 0 saturated heterocycles. The lowest BCUT2D eigenvalue weighted by Crippen LogP contribution is -1.93. The maximum Gasteiger partial charge on any atom is 0.0696 e. The largest absolute Gasteiger partial charge is 0.241 e. The van der Waals surface area contributed by atoms with Gasteiger partial charge in [0.1, 0.15) is 0 Å². The number of fused-ring (bicyclic) bond motifs is 1. The molecule has 0 saturated carbocycles. The molecule has 12 heavy (non-hydrogen) atoms. The molecule has 2 heterocycles. The van der Waals surface area contributed by atoms with E-state index < -0.39 is 0 Å². The second-order valence-corrected chi connectivity index (χ2v) is 3.28. The van der Waals surface area contributed by atoms with Gasteiger partial charge in [-0.25, -0.2) is 4.52 Å². The minimum Gasteiger partial charge on any atom is -0.241 e. The average Bonchev–Trinajstić information content (AvgIpc) is 2.49. The van der Waals surface area contributed by atoms with Crippen molar-refractivity contribution in [2.75, 3.05) is 0 Å². The molecule has 2 heteroatoms. The van der Waals surface area contributed by atoms with Crippen LogP contribution in [-0.2, 0) is 0 Å². The van der Waals surface area contributed by atoms with Crippen molar-refractivity contribution in [3.05, 3.63) is 36.2 Å².